The molecule has 0 bridgehead atoms. The van der Waals surface area contributed by atoms with Crippen molar-refractivity contribution in [3.8, 4) is 5.75 Å². The number of nitrogens with one attached hydrogen (secondary N) is 1. The van der Waals surface area contributed by atoms with E-state index >= 15 is 0 Å². The molecule has 1 N–H and O–H groups in total. The predicted octanol–water partition coefficient (Wildman–Crippen LogP) is 1.81. The normalized spacial score (nSPS) is 11.2. The molecular weight excluding hydrogens is 257 g/mol. The molecule has 0 saturated carbocycles. The Morgan fingerprint density at radius 2 is 2.19 bits per heavy atom. The highest BCUT2D eigenvalue weighted by molar-refractivity contribution is 7.92. The molecule has 1 rings (SSSR count). The summed E-state index contributed by atoms with van der Waals surface area (Å²) in [5.41, 5.74) is 0.189. The second-order valence-electron chi connectivity index (χ2n) is 2.95. The fraction of sp³-hybridized carbons (Fsp3) is 0.333. The molecule has 0 aliphatic rings. The fourth-order valence-electron chi connectivity index (χ4n) is 1.07. The molecule has 1 aromatic rings. The Bertz CT molecular complexity index is 464. The lowest BCUT2D eigenvalue weighted by atomic mass is 10.3. The first-order valence-electron chi connectivity index (χ1n) is 4.38. The molecule has 1 aromatic carbocycles. The van der Waals surface area contributed by atoms with Gasteiger partial charge in [0.2, 0.25) is 10.0 Å². The summed E-state index contributed by atoms with van der Waals surface area (Å²) in [4.78, 5) is 0. The zero-order chi connectivity index (χ0) is 12.2. The van der Waals surface area contributed by atoms with E-state index in [1.165, 1.54) is 13.2 Å². The number of sulfonamides is 1. The monoisotopic (exact) mass is 267 g/mol. The lowest BCUT2D eigenvalue weighted by molar-refractivity contribution is 0.413. The number of hydrogen-bond donors (Lipinski definition) is 1. The number of benzene rings is 1. The van der Waals surface area contributed by atoms with E-state index in [2.05, 4.69) is 4.72 Å². The van der Waals surface area contributed by atoms with Gasteiger partial charge < -0.3 is 4.74 Å². The molecule has 0 aromatic heterocycles. The molecule has 4 nitrogen and oxygen atoms in total. The summed E-state index contributed by atoms with van der Waals surface area (Å²) in [7, 11) is -2.19. The highest BCUT2D eigenvalue weighted by atomic mass is 35.5. The number of methoxy groups -OCH3 is 1. The smallest absolute Gasteiger partial charge is 0.234 e. The third-order valence-corrected chi connectivity index (χ3v) is 3.46. The zero-order valence-electron chi connectivity index (χ0n) is 8.54. The molecule has 0 saturated heterocycles. The average molecular weight is 268 g/mol. The number of alkyl halides is 1. The number of ether oxygens (including phenoxy) is 1. The summed E-state index contributed by atoms with van der Waals surface area (Å²) in [5, 5.41) is 0. The van der Waals surface area contributed by atoms with E-state index in [1.54, 1.807) is 0 Å². The Labute approximate surface area is 98.4 Å². The zero-order valence-corrected chi connectivity index (χ0v) is 10.1. The van der Waals surface area contributed by atoms with Crippen LogP contribution in [0.4, 0.5) is 10.1 Å². The van der Waals surface area contributed by atoms with E-state index in [1.807, 2.05) is 0 Å². The molecule has 0 aliphatic carbocycles. The highest BCUT2D eigenvalue weighted by Gasteiger charge is 2.13. The molecule has 0 amide bonds. The lowest BCUT2D eigenvalue weighted by Gasteiger charge is -2.10. The molecule has 16 heavy (non-hydrogen) atoms. The highest BCUT2D eigenvalue weighted by Crippen LogP contribution is 2.25. The van der Waals surface area contributed by atoms with Gasteiger partial charge in [0.25, 0.3) is 0 Å². The van der Waals surface area contributed by atoms with E-state index in [9.17, 15) is 12.8 Å². The van der Waals surface area contributed by atoms with Gasteiger partial charge in [0.05, 0.1) is 18.6 Å². The van der Waals surface area contributed by atoms with Crippen LogP contribution in [0.3, 0.4) is 0 Å². The van der Waals surface area contributed by atoms with Crippen LogP contribution in [0.15, 0.2) is 18.2 Å². The minimum atomic E-state index is -3.51. The fourth-order valence-corrected chi connectivity index (χ4v) is 2.49. The maximum absolute atomic E-state index is 12.8. The molecule has 0 heterocycles. The molecule has 0 radical (unpaired) electrons. The van der Waals surface area contributed by atoms with Crippen molar-refractivity contribution in [1.82, 2.24) is 0 Å². The Hall–Kier alpha value is -1.01. The summed E-state index contributed by atoms with van der Waals surface area (Å²) >= 11 is 5.34. The maximum atomic E-state index is 12.8. The van der Waals surface area contributed by atoms with Crippen molar-refractivity contribution < 1.29 is 17.5 Å². The Morgan fingerprint density at radius 1 is 1.50 bits per heavy atom. The largest absolute Gasteiger partial charge is 0.494 e. The van der Waals surface area contributed by atoms with Crippen LogP contribution < -0.4 is 9.46 Å². The van der Waals surface area contributed by atoms with Crippen LogP contribution in [0.5, 0.6) is 5.75 Å². The number of rotatable bonds is 5. The molecule has 90 valence electrons. The SMILES string of the molecule is COc1cc(F)ccc1NS(=O)(=O)CCCl. The van der Waals surface area contributed by atoms with E-state index in [0.717, 1.165) is 12.1 Å². The first-order valence-corrected chi connectivity index (χ1v) is 6.57. The molecule has 0 spiro atoms. The van der Waals surface area contributed by atoms with Crippen LogP contribution in [0.2, 0.25) is 0 Å². The second-order valence-corrected chi connectivity index (χ2v) is 5.17. The van der Waals surface area contributed by atoms with Crippen molar-refractivity contribution in [2.24, 2.45) is 0 Å². The summed E-state index contributed by atoms with van der Waals surface area (Å²) in [6.45, 7) is 0. The quantitative estimate of drug-likeness (QED) is 0.828. The van der Waals surface area contributed by atoms with E-state index in [0.29, 0.717) is 0 Å². The Balaban J connectivity index is 2.97. The van der Waals surface area contributed by atoms with Gasteiger partial charge in [-0.2, -0.15) is 0 Å². The topological polar surface area (TPSA) is 55.4 Å². The number of halogens is 2. The van der Waals surface area contributed by atoms with Crippen LogP contribution in [-0.2, 0) is 10.0 Å². The van der Waals surface area contributed by atoms with Crippen molar-refractivity contribution in [2.75, 3.05) is 23.5 Å². The molecule has 0 aliphatic heterocycles. The van der Waals surface area contributed by atoms with Crippen molar-refractivity contribution in [3.63, 3.8) is 0 Å². The van der Waals surface area contributed by atoms with Gasteiger partial charge >= 0.3 is 0 Å². The first kappa shape index (κ1) is 13.1. The van der Waals surface area contributed by atoms with Crippen LogP contribution in [0.25, 0.3) is 0 Å². The predicted molar refractivity (Wildman–Crippen MR) is 61.1 cm³/mol. The van der Waals surface area contributed by atoms with Crippen molar-refractivity contribution in [2.45, 2.75) is 0 Å². The van der Waals surface area contributed by atoms with Gasteiger partial charge in [-0.05, 0) is 12.1 Å². The summed E-state index contributed by atoms with van der Waals surface area (Å²) < 4.78 is 42.8. The van der Waals surface area contributed by atoms with Gasteiger partial charge in [-0.15, -0.1) is 11.6 Å². The summed E-state index contributed by atoms with van der Waals surface area (Å²) in [5.74, 6) is -0.608. The summed E-state index contributed by atoms with van der Waals surface area (Å²) in [6.07, 6.45) is 0. The maximum Gasteiger partial charge on any atom is 0.234 e. The molecular formula is C9H11ClFNO3S. The minimum Gasteiger partial charge on any atom is -0.494 e. The Kier molecular flexibility index (Phi) is 4.37. The van der Waals surface area contributed by atoms with E-state index in [4.69, 9.17) is 16.3 Å². The van der Waals surface area contributed by atoms with Crippen molar-refractivity contribution in [3.05, 3.63) is 24.0 Å². The van der Waals surface area contributed by atoms with Gasteiger partial charge in [-0.25, -0.2) is 12.8 Å². The van der Waals surface area contributed by atoms with Gasteiger partial charge in [-0.1, -0.05) is 0 Å². The van der Waals surface area contributed by atoms with Gasteiger partial charge in [0.15, 0.2) is 0 Å². The standard InChI is InChI=1S/C9H11ClFNO3S/c1-15-9-6-7(11)2-3-8(9)12-16(13,14)5-4-10/h2-3,6,12H,4-5H2,1H3. The van der Waals surface area contributed by atoms with Crippen molar-refractivity contribution in [1.29, 1.82) is 0 Å². The van der Waals surface area contributed by atoms with Crippen molar-refractivity contribution >= 4 is 27.3 Å². The molecule has 0 atom stereocenters. The molecule has 0 unspecified atom stereocenters. The number of anilines is 1. The van der Waals surface area contributed by atoms with Crippen LogP contribution in [-0.4, -0.2) is 27.2 Å². The molecule has 7 heteroatoms. The average Bonchev–Trinajstić information content (AvgIpc) is 2.20. The van der Waals surface area contributed by atoms with Crippen LogP contribution >= 0.6 is 11.6 Å². The van der Waals surface area contributed by atoms with E-state index < -0.39 is 15.8 Å². The van der Waals surface area contributed by atoms with Gasteiger partial charge in [0, 0.05) is 11.9 Å². The minimum absolute atomic E-state index is 0.0150. The lowest BCUT2D eigenvalue weighted by Crippen LogP contribution is -2.18. The van der Waals surface area contributed by atoms with E-state index in [-0.39, 0.29) is 23.1 Å². The number of hydrogen-bond acceptors (Lipinski definition) is 3. The van der Waals surface area contributed by atoms with Gasteiger partial charge in [0.1, 0.15) is 11.6 Å². The Morgan fingerprint density at radius 3 is 2.75 bits per heavy atom. The van der Waals surface area contributed by atoms with Gasteiger partial charge in [-0.3, -0.25) is 4.72 Å². The second kappa shape index (κ2) is 5.36. The van der Waals surface area contributed by atoms with Crippen LogP contribution in [0.1, 0.15) is 0 Å². The third-order valence-electron chi connectivity index (χ3n) is 1.77. The van der Waals surface area contributed by atoms with Crippen LogP contribution in [0, 0.1) is 5.82 Å². The first-order chi connectivity index (χ1) is 7.48. The third kappa shape index (κ3) is 3.53. The summed E-state index contributed by atoms with van der Waals surface area (Å²) in [6, 6.07) is 3.53. The molecule has 0 fully saturated rings.